The Balaban J connectivity index is 2.22. The van der Waals surface area contributed by atoms with Gasteiger partial charge in [-0.2, -0.15) is 0 Å². The van der Waals surface area contributed by atoms with Gasteiger partial charge in [0, 0.05) is 11.8 Å². The van der Waals surface area contributed by atoms with Crippen LogP contribution in [0.25, 0.3) is 0 Å². The molecule has 0 aliphatic heterocycles. The molecule has 0 spiro atoms. The predicted molar refractivity (Wildman–Crippen MR) is 77.5 cm³/mol. The number of esters is 1. The average molecular weight is 286 g/mol. The van der Waals surface area contributed by atoms with Crippen LogP contribution >= 0.6 is 0 Å². The molecule has 0 bridgehead atoms. The van der Waals surface area contributed by atoms with Crippen LogP contribution in [0.2, 0.25) is 0 Å². The molecule has 2 aromatic rings. The number of ether oxygens (including phenoxy) is 1. The minimum atomic E-state index is -0.441. The van der Waals surface area contributed by atoms with E-state index in [1.54, 1.807) is 25.1 Å². The normalized spacial score (nSPS) is 10.0. The highest BCUT2D eigenvalue weighted by Crippen LogP contribution is 2.17. The zero-order valence-electron chi connectivity index (χ0n) is 11.6. The van der Waals surface area contributed by atoms with Crippen LogP contribution in [-0.4, -0.2) is 24.0 Å². The second kappa shape index (κ2) is 6.04. The maximum atomic E-state index is 12.0. The van der Waals surface area contributed by atoms with E-state index in [0.29, 0.717) is 16.8 Å². The minimum Gasteiger partial charge on any atom is -0.465 e. The molecule has 0 aliphatic carbocycles. The number of hydrogen-bond acceptors (Lipinski definition) is 4. The lowest BCUT2D eigenvalue weighted by Crippen LogP contribution is -2.18. The molecule has 0 atom stereocenters. The lowest BCUT2D eigenvalue weighted by Gasteiger charge is -2.09. The van der Waals surface area contributed by atoms with E-state index in [4.69, 9.17) is 0 Å². The lowest BCUT2D eigenvalue weighted by molar-refractivity contribution is 0.0600. The standard InChI is InChI=1S/C15H14N2O4/c1-9-8-10(15(20)21-2)6-7-11(9)17-14(19)12-4-3-5-13(18)16-12/h3-8H,1-2H3,(H,16,18)(H,17,19). The summed E-state index contributed by atoms with van der Waals surface area (Å²) >= 11 is 0. The SMILES string of the molecule is COC(=O)c1ccc(NC(=O)c2cccc(=O)[nH]2)c(C)c1. The van der Waals surface area contributed by atoms with Crippen molar-refractivity contribution in [1.29, 1.82) is 0 Å². The molecule has 1 aromatic carbocycles. The number of amides is 1. The number of nitrogens with one attached hydrogen (secondary N) is 2. The minimum absolute atomic E-state index is 0.166. The van der Waals surface area contributed by atoms with Gasteiger partial charge in [-0.3, -0.25) is 9.59 Å². The van der Waals surface area contributed by atoms with Gasteiger partial charge in [0.25, 0.3) is 5.91 Å². The number of carbonyl (C=O) groups excluding carboxylic acids is 2. The first kappa shape index (κ1) is 14.5. The highest BCUT2D eigenvalue weighted by molar-refractivity contribution is 6.03. The average Bonchev–Trinajstić information content (AvgIpc) is 2.48. The van der Waals surface area contributed by atoms with Gasteiger partial charge in [0.15, 0.2) is 0 Å². The summed E-state index contributed by atoms with van der Waals surface area (Å²) in [6.07, 6.45) is 0. The van der Waals surface area contributed by atoms with E-state index in [2.05, 4.69) is 15.0 Å². The molecule has 0 saturated heterocycles. The maximum absolute atomic E-state index is 12.0. The fourth-order valence-electron chi connectivity index (χ4n) is 1.82. The van der Waals surface area contributed by atoms with Crippen LogP contribution in [-0.2, 0) is 4.74 Å². The van der Waals surface area contributed by atoms with Crippen LogP contribution in [0, 0.1) is 6.92 Å². The van der Waals surface area contributed by atoms with Gasteiger partial charge in [-0.25, -0.2) is 4.79 Å². The van der Waals surface area contributed by atoms with Gasteiger partial charge in [-0.05, 0) is 36.8 Å². The highest BCUT2D eigenvalue weighted by atomic mass is 16.5. The van der Waals surface area contributed by atoms with E-state index in [-0.39, 0.29) is 11.3 Å². The Kier molecular flexibility index (Phi) is 4.18. The third-order valence-corrected chi connectivity index (χ3v) is 2.91. The first-order valence-corrected chi connectivity index (χ1v) is 6.21. The number of H-pyrrole nitrogens is 1. The third kappa shape index (κ3) is 3.36. The molecule has 0 radical (unpaired) electrons. The number of methoxy groups -OCH3 is 1. The van der Waals surface area contributed by atoms with Crippen molar-refractivity contribution in [2.75, 3.05) is 12.4 Å². The van der Waals surface area contributed by atoms with Crippen LogP contribution in [0.4, 0.5) is 5.69 Å². The summed E-state index contributed by atoms with van der Waals surface area (Å²) in [5.74, 6) is -0.870. The number of aromatic nitrogens is 1. The molecular formula is C15H14N2O4. The number of rotatable bonds is 3. The van der Waals surface area contributed by atoms with Crippen LogP contribution in [0.3, 0.4) is 0 Å². The monoisotopic (exact) mass is 286 g/mol. The molecule has 2 N–H and O–H groups in total. The van der Waals surface area contributed by atoms with Gasteiger partial charge in [-0.1, -0.05) is 6.07 Å². The summed E-state index contributed by atoms with van der Waals surface area (Å²) in [4.78, 5) is 37.1. The van der Waals surface area contributed by atoms with Crippen molar-refractivity contribution in [2.24, 2.45) is 0 Å². The van der Waals surface area contributed by atoms with Gasteiger partial charge in [-0.15, -0.1) is 0 Å². The fourth-order valence-corrected chi connectivity index (χ4v) is 1.82. The predicted octanol–water partition coefficient (Wildman–Crippen LogP) is 1.72. The zero-order valence-corrected chi connectivity index (χ0v) is 11.6. The van der Waals surface area contributed by atoms with E-state index in [0.717, 1.165) is 0 Å². The Hall–Kier alpha value is -2.89. The summed E-state index contributed by atoms with van der Waals surface area (Å²) in [7, 11) is 1.30. The first-order chi connectivity index (χ1) is 10.0. The van der Waals surface area contributed by atoms with Crippen LogP contribution in [0.5, 0.6) is 0 Å². The van der Waals surface area contributed by atoms with Crippen molar-refractivity contribution in [3.8, 4) is 0 Å². The van der Waals surface area contributed by atoms with Crippen molar-refractivity contribution in [3.05, 3.63) is 63.6 Å². The zero-order chi connectivity index (χ0) is 15.4. The number of aromatic amines is 1. The quantitative estimate of drug-likeness (QED) is 0.841. The van der Waals surface area contributed by atoms with Gasteiger partial charge in [0.2, 0.25) is 5.56 Å². The summed E-state index contributed by atoms with van der Waals surface area (Å²) < 4.78 is 4.63. The summed E-state index contributed by atoms with van der Waals surface area (Å²) in [6.45, 7) is 1.76. The molecule has 1 heterocycles. The molecule has 6 nitrogen and oxygen atoms in total. The van der Waals surface area contributed by atoms with Gasteiger partial charge in [0.05, 0.1) is 12.7 Å². The molecule has 0 unspecified atom stereocenters. The molecule has 6 heteroatoms. The Morgan fingerprint density at radius 1 is 1.19 bits per heavy atom. The molecule has 21 heavy (non-hydrogen) atoms. The first-order valence-electron chi connectivity index (χ1n) is 6.21. The summed E-state index contributed by atoms with van der Waals surface area (Å²) in [6, 6.07) is 9.13. The fraction of sp³-hybridized carbons (Fsp3) is 0.133. The Morgan fingerprint density at radius 2 is 1.95 bits per heavy atom. The number of hydrogen-bond donors (Lipinski definition) is 2. The van der Waals surface area contributed by atoms with Crippen molar-refractivity contribution >= 4 is 17.6 Å². The molecule has 0 saturated carbocycles. The molecule has 0 fully saturated rings. The third-order valence-electron chi connectivity index (χ3n) is 2.91. The Morgan fingerprint density at radius 3 is 2.57 bits per heavy atom. The van der Waals surface area contributed by atoms with Gasteiger partial charge < -0.3 is 15.0 Å². The highest BCUT2D eigenvalue weighted by Gasteiger charge is 2.11. The van der Waals surface area contributed by atoms with Gasteiger partial charge >= 0.3 is 5.97 Å². The van der Waals surface area contributed by atoms with E-state index in [1.807, 2.05) is 0 Å². The van der Waals surface area contributed by atoms with E-state index < -0.39 is 11.9 Å². The van der Waals surface area contributed by atoms with Crippen molar-refractivity contribution in [1.82, 2.24) is 4.98 Å². The summed E-state index contributed by atoms with van der Waals surface area (Å²) in [5, 5.41) is 2.68. The van der Waals surface area contributed by atoms with Crippen LogP contribution in [0.15, 0.2) is 41.2 Å². The topological polar surface area (TPSA) is 88.3 Å². The maximum Gasteiger partial charge on any atom is 0.337 e. The van der Waals surface area contributed by atoms with E-state index in [9.17, 15) is 14.4 Å². The molecular weight excluding hydrogens is 272 g/mol. The Bertz CT molecular complexity index is 749. The van der Waals surface area contributed by atoms with Crippen molar-refractivity contribution in [2.45, 2.75) is 6.92 Å². The smallest absolute Gasteiger partial charge is 0.337 e. The summed E-state index contributed by atoms with van der Waals surface area (Å²) in [5.41, 5.74) is 1.49. The lowest BCUT2D eigenvalue weighted by atomic mass is 10.1. The number of benzene rings is 1. The van der Waals surface area contributed by atoms with Gasteiger partial charge in [0.1, 0.15) is 5.69 Å². The molecule has 1 aromatic heterocycles. The molecule has 108 valence electrons. The second-order valence-corrected chi connectivity index (χ2v) is 4.40. The number of aryl methyl sites for hydroxylation is 1. The van der Waals surface area contributed by atoms with Crippen molar-refractivity contribution < 1.29 is 14.3 Å². The molecule has 2 rings (SSSR count). The van der Waals surface area contributed by atoms with Crippen LogP contribution < -0.4 is 10.9 Å². The number of anilines is 1. The van der Waals surface area contributed by atoms with Crippen molar-refractivity contribution in [3.63, 3.8) is 0 Å². The Labute approximate surface area is 120 Å². The molecule has 1 amide bonds. The number of carbonyl (C=O) groups is 2. The van der Waals surface area contributed by atoms with E-state index in [1.165, 1.54) is 25.3 Å². The second-order valence-electron chi connectivity index (χ2n) is 4.40. The largest absolute Gasteiger partial charge is 0.465 e. The molecule has 0 aliphatic rings. The number of pyridine rings is 1. The van der Waals surface area contributed by atoms with Crippen LogP contribution in [0.1, 0.15) is 26.4 Å². The van der Waals surface area contributed by atoms with E-state index >= 15 is 0 Å².